The standard InChI is InChI=1S/C11H10BrClN6O3/c12-4-2-19(10-6(4)9(13)15-3-16-10)11-8(21)7(20)5(22-11)1-17-18-14/h2-3,5,7-8,11,20-21H,1H2/t5-,7-,8-,11-/m1/s1. The Hall–Kier alpha value is -1.42. The Morgan fingerprint density at radius 2 is 2.23 bits per heavy atom. The fraction of sp³-hybridized carbons (Fsp3) is 0.455. The molecule has 3 rings (SSSR count). The number of nitrogens with zero attached hydrogens (tertiary/aromatic N) is 6. The molecule has 11 heteroatoms. The van der Waals surface area contributed by atoms with Crippen LogP contribution >= 0.6 is 27.5 Å². The highest BCUT2D eigenvalue weighted by molar-refractivity contribution is 9.10. The predicted molar refractivity (Wildman–Crippen MR) is 80.2 cm³/mol. The lowest BCUT2D eigenvalue weighted by molar-refractivity contribution is -0.0319. The van der Waals surface area contributed by atoms with E-state index in [1.54, 1.807) is 10.8 Å². The molecule has 4 atom stereocenters. The molecule has 1 saturated heterocycles. The van der Waals surface area contributed by atoms with Crippen molar-refractivity contribution in [3.8, 4) is 0 Å². The minimum atomic E-state index is -1.20. The van der Waals surface area contributed by atoms with Crippen molar-refractivity contribution in [1.29, 1.82) is 0 Å². The molecule has 2 aromatic heterocycles. The molecular formula is C11H10BrClN6O3. The zero-order valence-corrected chi connectivity index (χ0v) is 13.3. The smallest absolute Gasteiger partial charge is 0.164 e. The van der Waals surface area contributed by atoms with Gasteiger partial charge in [-0.15, -0.1) is 0 Å². The van der Waals surface area contributed by atoms with Crippen molar-refractivity contribution in [2.24, 2.45) is 5.11 Å². The van der Waals surface area contributed by atoms with Gasteiger partial charge in [0.15, 0.2) is 6.23 Å². The van der Waals surface area contributed by atoms with Gasteiger partial charge in [0.05, 0.1) is 18.0 Å². The number of hydrogen-bond donors (Lipinski definition) is 2. The zero-order valence-electron chi connectivity index (χ0n) is 10.9. The van der Waals surface area contributed by atoms with E-state index < -0.39 is 24.5 Å². The van der Waals surface area contributed by atoms with Gasteiger partial charge in [0.1, 0.15) is 29.3 Å². The first kappa shape index (κ1) is 15.5. The second-order valence-corrected chi connectivity index (χ2v) is 5.92. The molecule has 0 saturated carbocycles. The molecule has 9 nitrogen and oxygen atoms in total. The molecule has 1 aliphatic heterocycles. The number of halogens is 2. The summed E-state index contributed by atoms with van der Waals surface area (Å²) >= 11 is 9.40. The van der Waals surface area contributed by atoms with Crippen molar-refractivity contribution < 1.29 is 14.9 Å². The van der Waals surface area contributed by atoms with E-state index in [0.717, 1.165) is 0 Å². The molecule has 1 fully saturated rings. The summed E-state index contributed by atoms with van der Waals surface area (Å²) in [5, 5.41) is 24.4. The van der Waals surface area contributed by atoms with Crippen LogP contribution in [0.2, 0.25) is 5.15 Å². The van der Waals surface area contributed by atoms with Gasteiger partial charge in [-0.3, -0.25) is 0 Å². The van der Waals surface area contributed by atoms with Gasteiger partial charge in [0.2, 0.25) is 0 Å². The highest BCUT2D eigenvalue weighted by Crippen LogP contribution is 2.36. The average Bonchev–Trinajstić information content (AvgIpc) is 2.97. The summed E-state index contributed by atoms with van der Waals surface area (Å²) in [6.07, 6.45) is -1.12. The lowest BCUT2D eigenvalue weighted by Crippen LogP contribution is -2.32. The van der Waals surface area contributed by atoms with Crippen molar-refractivity contribution in [3.63, 3.8) is 0 Å². The number of fused-ring (bicyclic) bond motifs is 1. The maximum absolute atomic E-state index is 10.2. The molecule has 2 N–H and O–H groups in total. The second kappa shape index (κ2) is 5.99. The third-order valence-corrected chi connectivity index (χ3v) is 4.34. The molecule has 0 aliphatic carbocycles. The first-order chi connectivity index (χ1) is 10.5. The lowest BCUT2D eigenvalue weighted by atomic mass is 10.1. The van der Waals surface area contributed by atoms with Crippen LogP contribution in [0.1, 0.15) is 6.23 Å². The number of azide groups is 1. The first-order valence-electron chi connectivity index (χ1n) is 6.23. The Balaban J connectivity index is 2.01. The van der Waals surface area contributed by atoms with Crippen LogP contribution in [0.15, 0.2) is 22.1 Å². The molecule has 0 aromatic carbocycles. The molecule has 3 heterocycles. The van der Waals surface area contributed by atoms with Crippen LogP contribution in [0.5, 0.6) is 0 Å². The molecular weight excluding hydrogens is 380 g/mol. The third kappa shape index (κ3) is 2.43. The van der Waals surface area contributed by atoms with Gasteiger partial charge in [0, 0.05) is 15.6 Å². The molecule has 1 aliphatic rings. The zero-order chi connectivity index (χ0) is 15.9. The van der Waals surface area contributed by atoms with Crippen LogP contribution in [0.25, 0.3) is 21.5 Å². The lowest BCUT2D eigenvalue weighted by Gasteiger charge is -2.17. The first-order valence-corrected chi connectivity index (χ1v) is 7.40. The van der Waals surface area contributed by atoms with Crippen molar-refractivity contribution in [2.45, 2.75) is 24.5 Å². The maximum Gasteiger partial charge on any atom is 0.164 e. The van der Waals surface area contributed by atoms with Gasteiger partial charge < -0.3 is 19.5 Å². The van der Waals surface area contributed by atoms with Crippen LogP contribution in [0.4, 0.5) is 0 Å². The molecule has 0 amide bonds. The average molecular weight is 390 g/mol. The van der Waals surface area contributed by atoms with Crippen molar-refractivity contribution in [3.05, 3.63) is 32.6 Å². The minimum absolute atomic E-state index is 0.0820. The number of hydrogen-bond acceptors (Lipinski definition) is 6. The number of rotatable bonds is 3. The molecule has 0 spiro atoms. The summed E-state index contributed by atoms with van der Waals surface area (Å²) in [5.74, 6) is 0. The van der Waals surface area contributed by atoms with Crippen LogP contribution in [-0.2, 0) is 4.74 Å². The number of ether oxygens (including phenoxy) is 1. The van der Waals surface area contributed by atoms with Crippen molar-refractivity contribution in [2.75, 3.05) is 6.54 Å². The Kier molecular flexibility index (Phi) is 4.22. The van der Waals surface area contributed by atoms with Gasteiger partial charge in [-0.25, -0.2) is 9.97 Å². The highest BCUT2D eigenvalue weighted by atomic mass is 79.9. The molecule has 116 valence electrons. The Morgan fingerprint density at radius 3 is 2.95 bits per heavy atom. The Labute approximate surface area is 137 Å². The van der Waals surface area contributed by atoms with E-state index in [2.05, 4.69) is 35.9 Å². The number of aliphatic hydroxyl groups excluding tert-OH is 2. The second-order valence-electron chi connectivity index (χ2n) is 4.71. The van der Waals surface area contributed by atoms with Gasteiger partial charge in [0.25, 0.3) is 0 Å². The van der Waals surface area contributed by atoms with Gasteiger partial charge >= 0.3 is 0 Å². The minimum Gasteiger partial charge on any atom is -0.388 e. The van der Waals surface area contributed by atoms with Gasteiger partial charge in [-0.2, -0.15) is 0 Å². The summed E-state index contributed by atoms with van der Waals surface area (Å²) < 4.78 is 7.80. The maximum atomic E-state index is 10.2. The summed E-state index contributed by atoms with van der Waals surface area (Å²) in [4.78, 5) is 10.7. The van der Waals surface area contributed by atoms with E-state index in [0.29, 0.717) is 15.5 Å². The van der Waals surface area contributed by atoms with Crippen LogP contribution in [0.3, 0.4) is 0 Å². The third-order valence-electron chi connectivity index (χ3n) is 3.45. The molecule has 22 heavy (non-hydrogen) atoms. The largest absolute Gasteiger partial charge is 0.388 e. The normalized spacial score (nSPS) is 28.0. The molecule has 0 bridgehead atoms. The summed E-state index contributed by atoms with van der Waals surface area (Å²) in [7, 11) is 0. The number of aliphatic hydroxyl groups is 2. The molecule has 0 unspecified atom stereocenters. The van der Waals surface area contributed by atoms with E-state index in [1.165, 1.54) is 6.33 Å². The highest BCUT2D eigenvalue weighted by Gasteiger charge is 2.43. The summed E-state index contributed by atoms with van der Waals surface area (Å²) in [6, 6.07) is 0. The van der Waals surface area contributed by atoms with Crippen LogP contribution in [0, 0.1) is 0 Å². The van der Waals surface area contributed by atoms with E-state index in [1.807, 2.05) is 0 Å². The fourth-order valence-electron chi connectivity index (χ4n) is 2.43. The summed E-state index contributed by atoms with van der Waals surface area (Å²) in [5.41, 5.74) is 8.80. The van der Waals surface area contributed by atoms with E-state index >= 15 is 0 Å². The van der Waals surface area contributed by atoms with E-state index in [9.17, 15) is 10.2 Å². The van der Waals surface area contributed by atoms with Crippen molar-refractivity contribution in [1.82, 2.24) is 14.5 Å². The Morgan fingerprint density at radius 1 is 1.45 bits per heavy atom. The van der Waals surface area contributed by atoms with Crippen LogP contribution < -0.4 is 0 Å². The van der Waals surface area contributed by atoms with Crippen LogP contribution in [-0.4, -0.2) is 49.6 Å². The predicted octanol–water partition coefficient (Wildman–Crippen LogP) is 1.78. The van der Waals surface area contributed by atoms with E-state index in [-0.39, 0.29) is 11.7 Å². The quantitative estimate of drug-likeness (QED) is 0.358. The SMILES string of the molecule is [N-]=[N+]=NC[C@H]1O[C@@H](n2cc(Br)c3c(Cl)ncnc32)[C@H](O)[C@@H]1O. The van der Waals surface area contributed by atoms with E-state index in [4.69, 9.17) is 21.9 Å². The molecule has 2 aromatic rings. The fourth-order valence-corrected chi connectivity index (χ4v) is 3.36. The topological polar surface area (TPSA) is 129 Å². The Bertz CT molecular complexity index is 764. The van der Waals surface area contributed by atoms with Gasteiger partial charge in [-0.1, -0.05) is 16.7 Å². The van der Waals surface area contributed by atoms with Gasteiger partial charge in [-0.05, 0) is 21.5 Å². The molecule has 0 radical (unpaired) electrons. The summed E-state index contributed by atoms with van der Waals surface area (Å²) in [6.45, 7) is -0.0820. The monoisotopic (exact) mass is 388 g/mol. The van der Waals surface area contributed by atoms with Crippen molar-refractivity contribution >= 4 is 38.6 Å². The number of aromatic nitrogens is 3.